The summed E-state index contributed by atoms with van der Waals surface area (Å²) < 4.78 is 20.5. The van der Waals surface area contributed by atoms with E-state index in [1.165, 1.54) is 18.5 Å². The standard InChI is InChI=1S/C23H20FN5O2/c1-15-11-16(2)29(28-15)21-13-23(26-14-25-21)31-20-9-7-19(8-10-20)27-22(30)12-17-3-5-18(24)6-4-17/h3-11,13-14H,12H2,1-2H3,(H,27,30). The van der Waals surface area contributed by atoms with Crippen molar-refractivity contribution in [2.24, 2.45) is 0 Å². The highest BCUT2D eigenvalue weighted by atomic mass is 19.1. The van der Waals surface area contributed by atoms with E-state index in [0.29, 0.717) is 23.1 Å². The Labute approximate surface area is 178 Å². The molecule has 7 nitrogen and oxygen atoms in total. The molecule has 4 rings (SSSR count). The first-order chi connectivity index (χ1) is 15.0. The number of hydrogen-bond donors (Lipinski definition) is 1. The molecule has 1 amide bonds. The van der Waals surface area contributed by atoms with Crippen molar-refractivity contribution in [2.45, 2.75) is 20.3 Å². The van der Waals surface area contributed by atoms with Crippen molar-refractivity contribution in [1.82, 2.24) is 19.7 Å². The molecule has 0 spiro atoms. The Morgan fingerprint density at radius 2 is 1.77 bits per heavy atom. The summed E-state index contributed by atoms with van der Waals surface area (Å²) in [6.45, 7) is 3.87. The molecule has 0 saturated carbocycles. The second-order valence-electron chi connectivity index (χ2n) is 7.03. The predicted molar refractivity (Wildman–Crippen MR) is 114 cm³/mol. The van der Waals surface area contributed by atoms with Crippen LogP contribution in [0.4, 0.5) is 10.1 Å². The maximum Gasteiger partial charge on any atom is 0.228 e. The average Bonchev–Trinajstić information content (AvgIpc) is 3.09. The number of rotatable bonds is 6. The van der Waals surface area contributed by atoms with E-state index in [1.807, 2.05) is 19.9 Å². The Hall–Kier alpha value is -4.07. The van der Waals surface area contributed by atoms with Crippen LogP contribution in [-0.4, -0.2) is 25.7 Å². The fourth-order valence-corrected chi connectivity index (χ4v) is 3.08. The van der Waals surface area contributed by atoms with Crippen molar-refractivity contribution >= 4 is 11.6 Å². The van der Waals surface area contributed by atoms with Gasteiger partial charge >= 0.3 is 0 Å². The van der Waals surface area contributed by atoms with Crippen LogP contribution in [0, 0.1) is 19.7 Å². The lowest BCUT2D eigenvalue weighted by atomic mass is 10.1. The molecule has 0 saturated heterocycles. The van der Waals surface area contributed by atoms with Gasteiger partial charge in [0.2, 0.25) is 11.8 Å². The second kappa shape index (κ2) is 8.74. The lowest BCUT2D eigenvalue weighted by molar-refractivity contribution is -0.115. The molecule has 1 N–H and O–H groups in total. The number of benzene rings is 2. The Bertz CT molecular complexity index is 1200. The summed E-state index contributed by atoms with van der Waals surface area (Å²) in [7, 11) is 0. The van der Waals surface area contributed by atoms with Gasteiger partial charge < -0.3 is 10.1 Å². The molecule has 8 heteroatoms. The molecule has 0 radical (unpaired) electrons. The Kier molecular flexibility index (Phi) is 5.70. The zero-order valence-electron chi connectivity index (χ0n) is 17.0. The third-order valence-corrected chi connectivity index (χ3v) is 4.49. The first-order valence-corrected chi connectivity index (χ1v) is 9.64. The highest BCUT2D eigenvalue weighted by molar-refractivity contribution is 5.92. The van der Waals surface area contributed by atoms with Crippen LogP contribution in [0.15, 0.2) is 67.0 Å². The molecule has 2 aromatic heterocycles. The minimum atomic E-state index is -0.328. The van der Waals surface area contributed by atoms with E-state index in [2.05, 4.69) is 20.4 Å². The molecule has 2 aromatic carbocycles. The monoisotopic (exact) mass is 417 g/mol. The number of nitrogens with zero attached hydrogens (tertiary/aromatic N) is 4. The molecule has 0 atom stereocenters. The number of aromatic nitrogens is 4. The highest BCUT2D eigenvalue weighted by Gasteiger charge is 2.09. The Morgan fingerprint density at radius 1 is 1.03 bits per heavy atom. The van der Waals surface area contributed by atoms with E-state index in [-0.39, 0.29) is 18.1 Å². The summed E-state index contributed by atoms with van der Waals surface area (Å²) in [5.74, 6) is 1.04. The van der Waals surface area contributed by atoms with Gasteiger partial charge in [-0.2, -0.15) is 5.10 Å². The second-order valence-corrected chi connectivity index (χ2v) is 7.03. The normalized spacial score (nSPS) is 10.7. The highest BCUT2D eigenvalue weighted by Crippen LogP contribution is 2.23. The van der Waals surface area contributed by atoms with Crippen LogP contribution in [0.1, 0.15) is 17.0 Å². The largest absolute Gasteiger partial charge is 0.439 e. The third-order valence-electron chi connectivity index (χ3n) is 4.49. The zero-order chi connectivity index (χ0) is 21.8. The van der Waals surface area contributed by atoms with Gasteiger partial charge in [0.1, 0.15) is 17.9 Å². The summed E-state index contributed by atoms with van der Waals surface area (Å²) in [6, 6.07) is 16.5. The lowest BCUT2D eigenvalue weighted by Crippen LogP contribution is -2.14. The van der Waals surface area contributed by atoms with Crippen LogP contribution in [0.25, 0.3) is 5.82 Å². The number of carbonyl (C=O) groups is 1. The number of carbonyl (C=O) groups excluding carboxylic acids is 1. The molecule has 0 unspecified atom stereocenters. The number of aryl methyl sites for hydroxylation is 2. The summed E-state index contributed by atoms with van der Waals surface area (Å²) in [4.78, 5) is 20.6. The predicted octanol–water partition coefficient (Wildman–Crippen LogP) is 4.39. The van der Waals surface area contributed by atoms with E-state index in [9.17, 15) is 9.18 Å². The van der Waals surface area contributed by atoms with Crippen LogP contribution in [-0.2, 0) is 11.2 Å². The van der Waals surface area contributed by atoms with E-state index in [1.54, 1.807) is 47.1 Å². The number of hydrogen-bond acceptors (Lipinski definition) is 5. The molecule has 0 aliphatic carbocycles. The summed E-state index contributed by atoms with van der Waals surface area (Å²) >= 11 is 0. The fourth-order valence-electron chi connectivity index (χ4n) is 3.08. The molecule has 0 bridgehead atoms. The van der Waals surface area contributed by atoms with Crippen LogP contribution in [0.5, 0.6) is 11.6 Å². The molecule has 31 heavy (non-hydrogen) atoms. The summed E-state index contributed by atoms with van der Waals surface area (Å²) in [5, 5.41) is 7.22. The Morgan fingerprint density at radius 3 is 2.45 bits per heavy atom. The number of anilines is 1. The summed E-state index contributed by atoms with van der Waals surface area (Å²) in [6.07, 6.45) is 1.58. The van der Waals surface area contributed by atoms with Gasteiger partial charge in [-0.1, -0.05) is 12.1 Å². The van der Waals surface area contributed by atoms with Crippen LogP contribution in [0.3, 0.4) is 0 Å². The molecule has 156 valence electrons. The van der Waals surface area contributed by atoms with Gasteiger partial charge in [-0.3, -0.25) is 4.79 Å². The molecule has 0 fully saturated rings. The minimum Gasteiger partial charge on any atom is -0.439 e. The van der Waals surface area contributed by atoms with Gasteiger partial charge in [0.25, 0.3) is 0 Å². The Balaban J connectivity index is 1.39. The number of nitrogens with one attached hydrogen (secondary N) is 1. The molecule has 4 aromatic rings. The van der Waals surface area contributed by atoms with Gasteiger partial charge in [0, 0.05) is 17.4 Å². The van der Waals surface area contributed by atoms with Crippen molar-refractivity contribution in [2.75, 3.05) is 5.32 Å². The van der Waals surface area contributed by atoms with Crippen LogP contribution < -0.4 is 10.1 Å². The van der Waals surface area contributed by atoms with Gasteiger partial charge in [-0.05, 0) is 61.9 Å². The van der Waals surface area contributed by atoms with E-state index in [4.69, 9.17) is 4.74 Å². The van der Waals surface area contributed by atoms with Crippen molar-refractivity contribution in [3.63, 3.8) is 0 Å². The van der Waals surface area contributed by atoms with Gasteiger partial charge in [-0.15, -0.1) is 0 Å². The third kappa shape index (κ3) is 5.11. The fraction of sp³-hybridized carbons (Fsp3) is 0.130. The summed E-state index contributed by atoms with van der Waals surface area (Å²) in [5.41, 5.74) is 3.23. The zero-order valence-corrected chi connectivity index (χ0v) is 17.0. The van der Waals surface area contributed by atoms with Crippen LogP contribution in [0.2, 0.25) is 0 Å². The molecular formula is C23H20FN5O2. The van der Waals surface area contributed by atoms with Crippen molar-refractivity contribution < 1.29 is 13.9 Å². The van der Waals surface area contributed by atoms with E-state index >= 15 is 0 Å². The quantitative estimate of drug-likeness (QED) is 0.503. The average molecular weight is 417 g/mol. The van der Waals surface area contributed by atoms with Crippen molar-refractivity contribution in [3.05, 3.63) is 89.8 Å². The smallest absolute Gasteiger partial charge is 0.228 e. The molecule has 2 heterocycles. The number of ether oxygens (including phenoxy) is 1. The van der Waals surface area contributed by atoms with Crippen LogP contribution >= 0.6 is 0 Å². The van der Waals surface area contributed by atoms with Gasteiger partial charge in [0.15, 0.2) is 5.82 Å². The minimum absolute atomic E-state index is 0.161. The van der Waals surface area contributed by atoms with Gasteiger partial charge in [0.05, 0.1) is 12.1 Å². The molecule has 0 aliphatic rings. The first-order valence-electron chi connectivity index (χ1n) is 9.64. The molecule has 0 aliphatic heterocycles. The maximum atomic E-state index is 13.0. The van der Waals surface area contributed by atoms with E-state index < -0.39 is 0 Å². The lowest BCUT2D eigenvalue weighted by Gasteiger charge is -2.09. The number of amides is 1. The van der Waals surface area contributed by atoms with Crippen molar-refractivity contribution in [1.29, 1.82) is 0 Å². The SMILES string of the molecule is Cc1cc(C)n(-c2cc(Oc3ccc(NC(=O)Cc4ccc(F)cc4)cc3)ncn2)n1. The maximum absolute atomic E-state index is 13.0. The molecular weight excluding hydrogens is 397 g/mol. The number of halogens is 1. The topological polar surface area (TPSA) is 81.9 Å². The van der Waals surface area contributed by atoms with E-state index in [0.717, 1.165) is 17.0 Å². The van der Waals surface area contributed by atoms with Crippen molar-refractivity contribution in [3.8, 4) is 17.4 Å². The first kappa shape index (κ1) is 20.2. The van der Waals surface area contributed by atoms with Gasteiger partial charge in [-0.25, -0.2) is 19.0 Å².